The van der Waals surface area contributed by atoms with Gasteiger partial charge in [-0.2, -0.15) is 0 Å². The average molecular weight is 595 g/mol. The van der Waals surface area contributed by atoms with Crippen LogP contribution in [0.4, 0.5) is 0 Å². The highest BCUT2D eigenvalue weighted by Crippen LogP contribution is 2.36. The quantitative estimate of drug-likeness (QED) is 0.271. The van der Waals surface area contributed by atoms with E-state index in [1.807, 2.05) is 30.3 Å². The van der Waals surface area contributed by atoms with Crippen LogP contribution < -0.4 is 0 Å². The van der Waals surface area contributed by atoms with Crippen LogP contribution in [0.1, 0.15) is 83.0 Å². The minimum atomic E-state index is -0.588. The molecule has 4 rings (SSSR count). The molecule has 0 aromatic heterocycles. The molecule has 1 aromatic rings. The second kappa shape index (κ2) is 20.7. The summed E-state index contributed by atoms with van der Waals surface area (Å²) in [5.74, 6) is 0. The van der Waals surface area contributed by atoms with Crippen molar-refractivity contribution in [2.45, 2.75) is 108 Å². The van der Waals surface area contributed by atoms with Gasteiger partial charge in [-0.25, -0.2) is 0 Å². The SMILES string of the molecule is CCCCCCCCCCCCO[C@@H]1O[C@@H]2COC(c3ccccc3)O[C@H]2[C@@H]2OCCOCCOCCOCCO[C@@H]12. The van der Waals surface area contributed by atoms with Gasteiger partial charge in [0.05, 0.1) is 59.5 Å². The molecular formula is C33H54O9. The smallest absolute Gasteiger partial charge is 0.186 e. The number of rotatable bonds is 13. The summed E-state index contributed by atoms with van der Waals surface area (Å²) in [5.41, 5.74) is 0.960. The monoisotopic (exact) mass is 594 g/mol. The third kappa shape index (κ3) is 11.7. The molecule has 3 aliphatic heterocycles. The van der Waals surface area contributed by atoms with Crippen LogP contribution in [0.5, 0.6) is 0 Å². The third-order valence-electron chi connectivity index (χ3n) is 7.96. The summed E-state index contributed by atoms with van der Waals surface area (Å²) in [5, 5.41) is 0. The van der Waals surface area contributed by atoms with Crippen molar-refractivity contribution in [2.75, 3.05) is 66.1 Å². The predicted octanol–water partition coefficient (Wildman–Crippen LogP) is 5.60. The maximum absolute atomic E-state index is 6.49. The zero-order chi connectivity index (χ0) is 29.1. The van der Waals surface area contributed by atoms with E-state index < -0.39 is 24.8 Å². The number of unbranched alkanes of at least 4 members (excludes halogenated alkanes) is 9. The van der Waals surface area contributed by atoms with E-state index in [1.165, 1.54) is 51.4 Å². The van der Waals surface area contributed by atoms with Crippen molar-refractivity contribution in [3.63, 3.8) is 0 Å². The normalized spacial score (nSPS) is 30.0. The van der Waals surface area contributed by atoms with Gasteiger partial charge in [-0.15, -0.1) is 0 Å². The molecule has 1 aromatic carbocycles. The van der Waals surface area contributed by atoms with Crippen molar-refractivity contribution in [1.82, 2.24) is 0 Å². The highest BCUT2D eigenvalue weighted by Gasteiger charge is 2.51. The Bertz CT molecular complexity index is 797. The van der Waals surface area contributed by atoms with Gasteiger partial charge in [0.25, 0.3) is 0 Å². The van der Waals surface area contributed by atoms with Gasteiger partial charge in [0.1, 0.15) is 24.4 Å². The average Bonchev–Trinajstić information content (AvgIpc) is 3.03. The number of fused-ring (bicyclic) bond motifs is 3. The molecule has 0 N–H and O–H groups in total. The Kier molecular flexibility index (Phi) is 16.7. The lowest BCUT2D eigenvalue weighted by Gasteiger charge is -2.49. The van der Waals surface area contributed by atoms with E-state index in [0.29, 0.717) is 66.1 Å². The van der Waals surface area contributed by atoms with Gasteiger partial charge in [-0.1, -0.05) is 95.0 Å². The summed E-state index contributed by atoms with van der Waals surface area (Å²) in [6.07, 6.45) is 10.1. The van der Waals surface area contributed by atoms with Crippen LogP contribution >= 0.6 is 0 Å². The predicted molar refractivity (Wildman–Crippen MR) is 158 cm³/mol. The van der Waals surface area contributed by atoms with Crippen molar-refractivity contribution in [1.29, 1.82) is 0 Å². The molecule has 0 radical (unpaired) electrons. The lowest BCUT2D eigenvalue weighted by atomic mass is 9.97. The first kappa shape index (κ1) is 33.7. The Morgan fingerprint density at radius 3 is 1.81 bits per heavy atom. The maximum Gasteiger partial charge on any atom is 0.186 e. The summed E-state index contributed by atoms with van der Waals surface area (Å²) < 4.78 is 55.2. The molecule has 0 amide bonds. The van der Waals surface area contributed by atoms with Crippen LogP contribution in [0.2, 0.25) is 0 Å². The van der Waals surface area contributed by atoms with Crippen molar-refractivity contribution < 1.29 is 42.6 Å². The highest BCUT2D eigenvalue weighted by molar-refractivity contribution is 5.16. The maximum atomic E-state index is 6.49. The third-order valence-corrected chi connectivity index (χ3v) is 7.96. The summed E-state index contributed by atoms with van der Waals surface area (Å²) in [6.45, 7) is 7.00. The van der Waals surface area contributed by atoms with Gasteiger partial charge in [0.15, 0.2) is 12.6 Å². The zero-order valence-electron chi connectivity index (χ0n) is 25.7. The highest BCUT2D eigenvalue weighted by atomic mass is 16.8. The van der Waals surface area contributed by atoms with E-state index in [0.717, 1.165) is 18.4 Å². The first-order valence-electron chi connectivity index (χ1n) is 16.4. The molecule has 3 fully saturated rings. The van der Waals surface area contributed by atoms with Crippen molar-refractivity contribution in [3.05, 3.63) is 35.9 Å². The molecule has 6 atom stereocenters. The first-order chi connectivity index (χ1) is 20.9. The zero-order valence-corrected chi connectivity index (χ0v) is 25.7. The Labute approximate surface area is 252 Å². The van der Waals surface area contributed by atoms with Crippen LogP contribution in [0, 0.1) is 0 Å². The van der Waals surface area contributed by atoms with E-state index in [9.17, 15) is 0 Å². The van der Waals surface area contributed by atoms with Crippen LogP contribution in [0.25, 0.3) is 0 Å². The molecule has 3 heterocycles. The molecule has 9 nitrogen and oxygen atoms in total. The molecule has 0 bridgehead atoms. The van der Waals surface area contributed by atoms with Crippen LogP contribution in [-0.4, -0.2) is 96.8 Å². The first-order valence-corrected chi connectivity index (χ1v) is 16.4. The van der Waals surface area contributed by atoms with Crippen molar-refractivity contribution in [3.8, 4) is 0 Å². The fourth-order valence-corrected chi connectivity index (χ4v) is 5.64. The van der Waals surface area contributed by atoms with Gasteiger partial charge in [-0.05, 0) is 6.42 Å². The Morgan fingerprint density at radius 2 is 1.17 bits per heavy atom. The topological polar surface area (TPSA) is 83.1 Å². The fraction of sp³-hybridized carbons (Fsp3) is 0.818. The lowest BCUT2D eigenvalue weighted by molar-refractivity contribution is -0.371. The molecule has 0 aliphatic carbocycles. The minimum Gasteiger partial charge on any atom is -0.377 e. The second-order valence-electron chi connectivity index (χ2n) is 11.3. The molecule has 240 valence electrons. The Balaban J connectivity index is 1.33. The largest absolute Gasteiger partial charge is 0.377 e. The molecule has 1 unspecified atom stereocenters. The van der Waals surface area contributed by atoms with E-state index >= 15 is 0 Å². The molecule has 0 saturated carbocycles. The summed E-state index contributed by atoms with van der Waals surface area (Å²) in [4.78, 5) is 0. The van der Waals surface area contributed by atoms with E-state index in [2.05, 4.69) is 6.92 Å². The summed E-state index contributed by atoms with van der Waals surface area (Å²) in [7, 11) is 0. The molecule has 42 heavy (non-hydrogen) atoms. The molecule has 0 spiro atoms. The summed E-state index contributed by atoms with van der Waals surface area (Å²) >= 11 is 0. The van der Waals surface area contributed by atoms with Crippen molar-refractivity contribution in [2.24, 2.45) is 0 Å². The van der Waals surface area contributed by atoms with Gasteiger partial charge >= 0.3 is 0 Å². The fourth-order valence-electron chi connectivity index (χ4n) is 5.64. The molecule has 3 aliphatic rings. The van der Waals surface area contributed by atoms with E-state index in [-0.39, 0.29) is 12.2 Å². The van der Waals surface area contributed by atoms with Gasteiger partial charge < -0.3 is 42.6 Å². The number of hydrogen-bond acceptors (Lipinski definition) is 9. The van der Waals surface area contributed by atoms with E-state index in [4.69, 9.17) is 42.6 Å². The van der Waals surface area contributed by atoms with Crippen LogP contribution in [0.15, 0.2) is 30.3 Å². The van der Waals surface area contributed by atoms with Crippen LogP contribution in [0.3, 0.4) is 0 Å². The Morgan fingerprint density at radius 1 is 0.595 bits per heavy atom. The molecule has 9 heteroatoms. The number of benzene rings is 1. The molecule has 3 saturated heterocycles. The van der Waals surface area contributed by atoms with Gasteiger partial charge in [0, 0.05) is 12.2 Å². The summed E-state index contributed by atoms with van der Waals surface area (Å²) in [6, 6.07) is 9.96. The van der Waals surface area contributed by atoms with Gasteiger partial charge in [0.2, 0.25) is 0 Å². The number of ether oxygens (including phenoxy) is 9. The Hall–Kier alpha value is -1.14. The standard InChI is InChI=1S/C33H54O9/c1-2-3-4-5-6-7-8-9-10-14-17-39-33-31-30(37-24-22-35-20-18-34-19-21-36-23-25-38-31)29-28(41-33)26-40-32(42-29)27-15-12-11-13-16-27/h11-13,15-16,28-33H,2-10,14,17-26H2,1H3/t28-,29-,30+,31-,32?,33-/m1/s1. The minimum absolute atomic E-state index is 0.333. The second-order valence-corrected chi connectivity index (χ2v) is 11.3. The van der Waals surface area contributed by atoms with Gasteiger partial charge in [-0.3, -0.25) is 0 Å². The van der Waals surface area contributed by atoms with Crippen LogP contribution in [-0.2, 0) is 42.6 Å². The molecular weight excluding hydrogens is 540 g/mol. The number of hydrogen-bond donors (Lipinski definition) is 0. The lowest BCUT2D eigenvalue weighted by Crippen LogP contribution is -2.64. The van der Waals surface area contributed by atoms with Crippen molar-refractivity contribution >= 4 is 0 Å². The van der Waals surface area contributed by atoms with E-state index in [1.54, 1.807) is 0 Å².